The van der Waals surface area contributed by atoms with E-state index in [1.54, 1.807) is 0 Å². The molecule has 0 aliphatic heterocycles. The van der Waals surface area contributed by atoms with Gasteiger partial charge in [0.2, 0.25) is 5.91 Å². The lowest BCUT2D eigenvalue weighted by Gasteiger charge is -2.06. The number of nitrogens with one attached hydrogen (secondary N) is 2. The summed E-state index contributed by atoms with van der Waals surface area (Å²) in [5, 5.41) is 13.2. The van der Waals surface area contributed by atoms with Gasteiger partial charge >= 0.3 is 0 Å². The van der Waals surface area contributed by atoms with Crippen molar-refractivity contribution in [2.24, 2.45) is 0 Å². The summed E-state index contributed by atoms with van der Waals surface area (Å²) in [4.78, 5) is 15.3. The van der Waals surface area contributed by atoms with Gasteiger partial charge in [0.15, 0.2) is 0 Å². The molecule has 3 N–H and O–H groups in total. The smallest absolute Gasteiger partial charge is 0.220 e. The van der Waals surface area contributed by atoms with E-state index in [2.05, 4.69) is 35.4 Å². The van der Waals surface area contributed by atoms with Crippen LogP contribution >= 0.6 is 0 Å². The van der Waals surface area contributed by atoms with Crippen LogP contribution in [0, 0.1) is 6.92 Å². The predicted octanol–water partition coefficient (Wildman–Crippen LogP) is 3.26. The van der Waals surface area contributed by atoms with E-state index in [-0.39, 0.29) is 12.5 Å². The molecule has 2 aromatic carbocycles. The maximum atomic E-state index is 12.1. The number of hydrogen-bond donors (Lipinski definition) is 3. The Labute approximate surface area is 147 Å². The van der Waals surface area contributed by atoms with E-state index in [9.17, 15) is 4.79 Å². The maximum Gasteiger partial charge on any atom is 0.220 e. The largest absolute Gasteiger partial charge is 0.392 e. The molecular weight excluding hydrogens is 312 g/mol. The topological polar surface area (TPSA) is 65.1 Å². The van der Waals surface area contributed by atoms with Crippen molar-refractivity contribution >= 4 is 16.8 Å². The number of aryl methyl sites for hydroxylation is 2. The molecule has 130 valence electrons. The third-order valence-electron chi connectivity index (χ3n) is 4.49. The average molecular weight is 336 g/mol. The van der Waals surface area contributed by atoms with Gasteiger partial charge in [-0.2, -0.15) is 0 Å². The number of hydrogen-bond acceptors (Lipinski definition) is 2. The van der Waals surface area contributed by atoms with Crippen LogP contribution in [0.2, 0.25) is 0 Å². The molecule has 0 aliphatic carbocycles. The van der Waals surface area contributed by atoms with Gasteiger partial charge in [0.05, 0.1) is 6.61 Å². The Balaban J connectivity index is 1.46. The van der Waals surface area contributed by atoms with E-state index in [1.165, 1.54) is 16.5 Å². The van der Waals surface area contributed by atoms with E-state index < -0.39 is 0 Å². The standard InChI is InChI=1S/C21H24N2O2/c1-15-2-8-20-19(12-15)18(13-23-20)7-9-21(25)22-11-10-16-3-5-17(14-24)6-4-16/h2-6,8,12-13,23-24H,7,9-11,14H2,1H3,(H,22,25). The number of carbonyl (C=O) groups is 1. The first-order chi connectivity index (χ1) is 12.2. The van der Waals surface area contributed by atoms with Gasteiger partial charge in [0.25, 0.3) is 0 Å². The number of rotatable bonds is 7. The highest BCUT2D eigenvalue weighted by Gasteiger charge is 2.07. The van der Waals surface area contributed by atoms with E-state index >= 15 is 0 Å². The van der Waals surface area contributed by atoms with Crippen molar-refractivity contribution in [2.45, 2.75) is 32.8 Å². The number of carbonyl (C=O) groups excluding carboxylic acids is 1. The van der Waals surface area contributed by atoms with Crippen LogP contribution in [0.15, 0.2) is 48.7 Å². The second kappa shape index (κ2) is 7.99. The lowest BCUT2D eigenvalue weighted by molar-refractivity contribution is -0.121. The maximum absolute atomic E-state index is 12.1. The molecule has 0 saturated carbocycles. The van der Waals surface area contributed by atoms with Gasteiger partial charge < -0.3 is 15.4 Å². The van der Waals surface area contributed by atoms with Crippen molar-refractivity contribution in [2.75, 3.05) is 6.54 Å². The highest BCUT2D eigenvalue weighted by atomic mass is 16.3. The van der Waals surface area contributed by atoms with Gasteiger partial charge in [0.1, 0.15) is 0 Å². The highest BCUT2D eigenvalue weighted by Crippen LogP contribution is 2.20. The zero-order valence-electron chi connectivity index (χ0n) is 14.5. The predicted molar refractivity (Wildman–Crippen MR) is 100 cm³/mol. The minimum Gasteiger partial charge on any atom is -0.392 e. The van der Waals surface area contributed by atoms with Crippen LogP contribution in [-0.4, -0.2) is 22.5 Å². The first kappa shape index (κ1) is 17.2. The van der Waals surface area contributed by atoms with Crippen LogP contribution in [-0.2, 0) is 24.2 Å². The SMILES string of the molecule is Cc1ccc2[nH]cc(CCC(=O)NCCc3ccc(CO)cc3)c2c1. The molecule has 4 nitrogen and oxygen atoms in total. The van der Waals surface area contributed by atoms with Gasteiger partial charge in [-0.15, -0.1) is 0 Å². The zero-order valence-corrected chi connectivity index (χ0v) is 14.5. The molecule has 0 atom stereocenters. The summed E-state index contributed by atoms with van der Waals surface area (Å²) >= 11 is 0. The fourth-order valence-corrected chi connectivity index (χ4v) is 2.99. The van der Waals surface area contributed by atoms with E-state index in [0.29, 0.717) is 13.0 Å². The fraction of sp³-hybridized carbons (Fsp3) is 0.286. The molecule has 4 heteroatoms. The van der Waals surface area contributed by atoms with Crippen molar-refractivity contribution in [1.29, 1.82) is 0 Å². The van der Waals surface area contributed by atoms with E-state index in [0.717, 1.165) is 29.5 Å². The lowest BCUT2D eigenvalue weighted by atomic mass is 10.1. The zero-order chi connectivity index (χ0) is 17.6. The third kappa shape index (κ3) is 4.48. The Morgan fingerprint density at radius 2 is 1.84 bits per heavy atom. The molecule has 0 aliphatic rings. The molecule has 3 aromatic rings. The van der Waals surface area contributed by atoms with E-state index in [4.69, 9.17) is 5.11 Å². The normalized spacial score (nSPS) is 11.0. The lowest BCUT2D eigenvalue weighted by Crippen LogP contribution is -2.25. The first-order valence-corrected chi connectivity index (χ1v) is 8.67. The molecule has 0 radical (unpaired) electrons. The fourth-order valence-electron chi connectivity index (χ4n) is 2.99. The van der Waals surface area contributed by atoms with Crippen LogP contribution < -0.4 is 5.32 Å². The van der Waals surface area contributed by atoms with Crippen molar-refractivity contribution in [3.63, 3.8) is 0 Å². The molecule has 0 bridgehead atoms. The molecular formula is C21H24N2O2. The number of aliphatic hydroxyl groups excluding tert-OH is 1. The Hall–Kier alpha value is -2.59. The Morgan fingerprint density at radius 1 is 1.08 bits per heavy atom. The molecule has 1 aromatic heterocycles. The molecule has 0 saturated heterocycles. The number of benzene rings is 2. The number of fused-ring (bicyclic) bond motifs is 1. The van der Waals surface area contributed by atoms with Crippen molar-refractivity contribution in [1.82, 2.24) is 10.3 Å². The summed E-state index contributed by atoms with van der Waals surface area (Å²) in [6, 6.07) is 14.1. The number of aromatic amines is 1. The minimum absolute atomic E-state index is 0.0599. The van der Waals surface area contributed by atoms with Gasteiger partial charge in [-0.1, -0.05) is 35.9 Å². The number of aliphatic hydroxyl groups is 1. The number of H-pyrrole nitrogens is 1. The summed E-state index contributed by atoms with van der Waals surface area (Å²) in [6.45, 7) is 2.77. The minimum atomic E-state index is 0.0599. The number of amides is 1. The summed E-state index contributed by atoms with van der Waals surface area (Å²) in [6.07, 6.45) is 4.02. The summed E-state index contributed by atoms with van der Waals surface area (Å²) in [5.41, 5.74) is 5.59. The summed E-state index contributed by atoms with van der Waals surface area (Å²) < 4.78 is 0. The molecule has 0 spiro atoms. The van der Waals surface area contributed by atoms with Crippen molar-refractivity contribution in [3.8, 4) is 0 Å². The molecule has 0 fully saturated rings. The second-order valence-electron chi connectivity index (χ2n) is 6.44. The Kier molecular flexibility index (Phi) is 5.51. The Bertz CT molecular complexity index is 850. The number of aromatic nitrogens is 1. The molecule has 25 heavy (non-hydrogen) atoms. The third-order valence-corrected chi connectivity index (χ3v) is 4.49. The Morgan fingerprint density at radius 3 is 2.60 bits per heavy atom. The summed E-state index contributed by atoms with van der Waals surface area (Å²) in [5.74, 6) is 0.0778. The van der Waals surface area contributed by atoms with Crippen LogP contribution in [0.5, 0.6) is 0 Å². The van der Waals surface area contributed by atoms with Gasteiger partial charge in [-0.05, 0) is 48.6 Å². The molecule has 1 amide bonds. The highest BCUT2D eigenvalue weighted by molar-refractivity contribution is 5.84. The average Bonchev–Trinajstić information content (AvgIpc) is 3.02. The summed E-state index contributed by atoms with van der Waals surface area (Å²) in [7, 11) is 0. The van der Waals surface area contributed by atoms with Crippen LogP contribution in [0.3, 0.4) is 0 Å². The first-order valence-electron chi connectivity index (χ1n) is 8.67. The van der Waals surface area contributed by atoms with Crippen molar-refractivity contribution < 1.29 is 9.90 Å². The molecule has 1 heterocycles. The van der Waals surface area contributed by atoms with Crippen LogP contribution in [0.1, 0.15) is 28.7 Å². The van der Waals surface area contributed by atoms with Crippen LogP contribution in [0.4, 0.5) is 0 Å². The van der Waals surface area contributed by atoms with Crippen molar-refractivity contribution in [3.05, 3.63) is 70.9 Å². The van der Waals surface area contributed by atoms with Gasteiger partial charge in [0, 0.05) is 30.1 Å². The molecule has 3 rings (SSSR count). The van der Waals surface area contributed by atoms with Crippen LogP contribution in [0.25, 0.3) is 10.9 Å². The molecule has 0 unspecified atom stereocenters. The van der Waals surface area contributed by atoms with Gasteiger partial charge in [-0.3, -0.25) is 4.79 Å². The second-order valence-corrected chi connectivity index (χ2v) is 6.44. The van der Waals surface area contributed by atoms with Gasteiger partial charge in [-0.25, -0.2) is 0 Å². The quantitative estimate of drug-likeness (QED) is 0.620. The monoisotopic (exact) mass is 336 g/mol. The van der Waals surface area contributed by atoms with E-state index in [1.807, 2.05) is 30.5 Å².